The second-order valence-corrected chi connectivity index (χ2v) is 5.52. The zero-order valence-corrected chi connectivity index (χ0v) is 13.2. The fraction of sp³-hybridized carbons (Fsp3) is 0.133. The number of ether oxygens (including phenoxy) is 1. The van der Waals surface area contributed by atoms with Crippen LogP contribution < -0.4 is 10.1 Å². The van der Waals surface area contributed by atoms with E-state index in [1.165, 1.54) is 0 Å². The second-order valence-electron chi connectivity index (χ2n) is 4.23. The van der Waals surface area contributed by atoms with Crippen LogP contribution in [0.15, 0.2) is 46.9 Å². The summed E-state index contributed by atoms with van der Waals surface area (Å²) < 4.78 is 6.31. The van der Waals surface area contributed by atoms with Crippen molar-refractivity contribution in [1.29, 1.82) is 0 Å². The van der Waals surface area contributed by atoms with E-state index in [1.807, 2.05) is 31.2 Å². The van der Waals surface area contributed by atoms with Crippen molar-refractivity contribution in [2.24, 2.45) is 0 Å². The van der Waals surface area contributed by atoms with E-state index in [2.05, 4.69) is 21.2 Å². The zero-order valence-electron chi connectivity index (χ0n) is 10.8. The molecule has 0 unspecified atom stereocenters. The predicted octanol–water partition coefficient (Wildman–Crippen LogP) is 4.43. The van der Waals surface area contributed by atoms with Crippen molar-refractivity contribution in [3.63, 3.8) is 0 Å². The topological polar surface area (TPSA) is 38.3 Å². The van der Waals surface area contributed by atoms with Gasteiger partial charge in [0.25, 0.3) is 5.91 Å². The summed E-state index contributed by atoms with van der Waals surface area (Å²) in [5.74, 6) is 0.433. The number of benzene rings is 2. The quantitative estimate of drug-likeness (QED) is 0.882. The molecule has 0 aromatic heterocycles. The van der Waals surface area contributed by atoms with E-state index in [-0.39, 0.29) is 12.5 Å². The van der Waals surface area contributed by atoms with Gasteiger partial charge in [-0.3, -0.25) is 4.79 Å². The van der Waals surface area contributed by atoms with E-state index < -0.39 is 0 Å². The third kappa shape index (κ3) is 3.99. The average Bonchev–Trinajstić information content (AvgIpc) is 2.40. The number of aryl methyl sites for hydroxylation is 1. The molecule has 0 bridgehead atoms. The van der Waals surface area contributed by atoms with Crippen molar-refractivity contribution >= 4 is 39.1 Å². The summed E-state index contributed by atoms with van der Waals surface area (Å²) in [4.78, 5) is 11.8. The largest absolute Gasteiger partial charge is 0.483 e. The number of carbonyl (C=O) groups excluding carboxylic acids is 1. The van der Waals surface area contributed by atoms with E-state index >= 15 is 0 Å². The number of nitrogens with one attached hydrogen (secondary N) is 1. The first-order valence-corrected chi connectivity index (χ1v) is 7.16. The van der Waals surface area contributed by atoms with Crippen LogP contribution in [0.4, 0.5) is 5.69 Å². The van der Waals surface area contributed by atoms with Crippen LogP contribution in [0.5, 0.6) is 5.75 Å². The van der Waals surface area contributed by atoms with Gasteiger partial charge in [-0.25, -0.2) is 0 Å². The number of hydrogen-bond acceptors (Lipinski definition) is 2. The Morgan fingerprint density at radius 3 is 2.75 bits per heavy atom. The van der Waals surface area contributed by atoms with Crippen LogP contribution in [0.2, 0.25) is 5.02 Å². The molecular weight excluding hydrogens is 342 g/mol. The number of para-hydroxylation sites is 1. The van der Waals surface area contributed by atoms with E-state index in [4.69, 9.17) is 16.3 Å². The third-order valence-corrected chi connectivity index (χ3v) is 3.57. The Bertz CT molecular complexity index is 631. The van der Waals surface area contributed by atoms with Crippen molar-refractivity contribution in [1.82, 2.24) is 0 Å². The number of anilines is 1. The van der Waals surface area contributed by atoms with Crippen LogP contribution in [-0.4, -0.2) is 12.5 Å². The summed E-state index contributed by atoms with van der Waals surface area (Å²) in [7, 11) is 0. The number of carbonyl (C=O) groups is 1. The van der Waals surface area contributed by atoms with Crippen LogP contribution in [0.25, 0.3) is 0 Å². The molecule has 5 heteroatoms. The first kappa shape index (κ1) is 14.9. The number of hydrogen-bond donors (Lipinski definition) is 1. The fourth-order valence-electron chi connectivity index (χ4n) is 1.67. The molecule has 0 heterocycles. The Balaban J connectivity index is 1.94. The maximum absolute atomic E-state index is 11.8. The van der Waals surface area contributed by atoms with Gasteiger partial charge in [0.2, 0.25) is 0 Å². The highest BCUT2D eigenvalue weighted by Crippen LogP contribution is 2.23. The molecule has 0 spiro atoms. The van der Waals surface area contributed by atoms with Crippen molar-refractivity contribution in [3.8, 4) is 5.75 Å². The summed E-state index contributed by atoms with van der Waals surface area (Å²) >= 11 is 9.23. The van der Waals surface area contributed by atoms with Crippen molar-refractivity contribution in [2.75, 3.05) is 11.9 Å². The van der Waals surface area contributed by atoms with Gasteiger partial charge in [-0.05, 0) is 58.7 Å². The maximum atomic E-state index is 11.8. The summed E-state index contributed by atoms with van der Waals surface area (Å²) in [6.07, 6.45) is 0. The predicted molar refractivity (Wildman–Crippen MR) is 84.5 cm³/mol. The molecule has 0 radical (unpaired) electrons. The highest BCUT2D eigenvalue weighted by molar-refractivity contribution is 9.10. The first-order chi connectivity index (χ1) is 9.56. The van der Waals surface area contributed by atoms with Crippen LogP contribution in [-0.2, 0) is 4.79 Å². The van der Waals surface area contributed by atoms with E-state index in [0.717, 1.165) is 10.0 Å². The molecule has 104 valence electrons. The van der Waals surface area contributed by atoms with Gasteiger partial charge in [-0.2, -0.15) is 0 Å². The van der Waals surface area contributed by atoms with Crippen LogP contribution in [0.1, 0.15) is 5.56 Å². The summed E-state index contributed by atoms with van der Waals surface area (Å²) in [5, 5.41) is 3.42. The molecule has 2 aromatic rings. The highest BCUT2D eigenvalue weighted by Gasteiger charge is 2.07. The van der Waals surface area contributed by atoms with Gasteiger partial charge in [0, 0.05) is 9.50 Å². The summed E-state index contributed by atoms with van der Waals surface area (Å²) in [6, 6.07) is 12.7. The Kier molecular flexibility index (Phi) is 5.04. The summed E-state index contributed by atoms with van der Waals surface area (Å²) in [6.45, 7) is 1.83. The normalized spacial score (nSPS) is 10.2. The molecule has 0 fully saturated rings. The molecule has 2 aromatic carbocycles. The molecule has 0 saturated carbocycles. The molecule has 3 nitrogen and oxygen atoms in total. The minimum absolute atomic E-state index is 0.0518. The van der Waals surface area contributed by atoms with E-state index in [0.29, 0.717) is 16.5 Å². The molecule has 0 aliphatic rings. The highest BCUT2D eigenvalue weighted by atomic mass is 79.9. The van der Waals surface area contributed by atoms with Gasteiger partial charge < -0.3 is 10.1 Å². The maximum Gasteiger partial charge on any atom is 0.262 e. The smallest absolute Gasteiger partial charge is 0.262 e. The summed E-state index contributed by atoms with van der Waals surface area (Å²) in [5.41, 5.74) is 1.61. The number of amides is 1. The molecule has 1 amide bonds. The van der Waals surface area contributed by atoms with Crippen molar-refractivity contribution in [2.45, 2.75) is 6.92 Å². The Labute approximate surface area is 131 Å². The van der Waals surface area contributed by atoms with Crippen molar-refractivity contribution in [3.05, 3.63) is 57.5 Å². The van der Waals surface area contributed by atoms with Crippen molar-refractivity contribution < 1.29 is 9.53 Å². The molecule has 0 atom stereocenters. The van der Waals surface area contributed by atoms with Gasteiger partial charge >= 0.3 is 0 Å². The molecule has 1 N–H and O–H groups in total. The lowest BCUT2D eigenvalue weighted by Gasteiger charge is -2.10. The second kappa shape index (κ2) is 6.77. The lowest BCUT2D eigenvalue weighted by atomic mass is 10.2. The first-order valence-electron chi connectivity index (χ1n) is 5.99. The van der Waals surface area contributed by atoms with E-state index in [9.17, 15) is 4.79 Å². The van der Waals surface area contributed by atoms with Crippen LogP contribution >= 0.6 is 27.5 Å². The molecular formula is C15H13BrClNO2. The average molecular weight is 355 g/mol. The molecule has 0 saturated heterocycles. The Morgan fingerprint density at radius 1 is 1.30 bits per heavy atom. The number of halogens is 2. The van der Waals surface area contributed by atoms with E-state index in [1.54, 1.807) is 18.2 Å². The van der Waals surface area contributed by atoms with Gasteiger partial charge in [-0.15, -0.1) is 0 Å². The minimum Gasteiger partial charge on any atom is -0.483 e. The SMILES string of the molecule is Cc1cc(Cl)ccc1OCC(=O)Nc1ccccc1Br. The van der Waals surface area contributed by atoms with Gasteiger partial charge in [0.1, 0.15) is 5.75 Å². The lowest BCUT2D eigenvalue weighted by Crippen LogP contribution is -2.20. The Hall–Kier alpha value is -1.52. The monoisotopic (exact) mass is 353 g/mol. The Morgan fingerprint density at radius 2 is 2.05 bits per heavy atom. The molecule has 0 aliphatic heterocycles. The third-order valence-electron chi connectivity index (χ3n) is 2.64. The molecule has 20 heavy (non-hydrogen) atoms. The van der Waals surface area contributed by atoms with Crippen LogP contribution in [0, 0.1) is 6.92 Å². The molecule has 2 rings (SSSR count). The number of rotatable bonds is 4. The van der Waals surface area contributed by atoms with Gasteiger partial charge in [0.05, 0.1) is 5.69 Å². The molecule has 0 aliphatic carbocycles. The minimum atomic E-state index is -0.216. The fourth-order valence-corrected chi connectivity index (χ4v) is 2.28. The van der Waals surface area contributed by atoms with Crippen LogP contribution in [0.3, 0.4) is 0 Å². The lowest BCUT2D eigenvalue weighted by molar-refractivity contribution is -0.118. The van der Waals surface area contributed by atoms with Gasteiger partial charge in [-0.1, -0.05) is 23.7 Å². The standard InChI is InChI=1S/C15H13BrClNO2/c1-10-8-11(17)6-7-14(10)20-9-15(19)18-13-5-3-2-4-12(13)16/h2-8H,9H2,1H3,(H,18,19). The van der Waals surface area contributed by atoms with Gasteiger partial charge in [0.15, 0.2) is 6.61 Å². The zero-order chi connectivity index (χ0) is 14.5.